The van der Waals surface area contributed by atoms with Crippen molar-refractivity contribution in [2.45, 2.75) is 27.2 Å². The molecule has 1 heterocycles. The third kappa shape index (κ3) is 3.36. The van der Waals surface area contributed by atoms with E-state index in [2.05, 4.69) is 37.4 Å². The quantitative estimate of drug-likeness (QED) is 0.622. The molecule has 0 bridgehead atoms. The van der Waals surface area contributed by atoms with E-state index < -0.39 is 0 Å². The van der Waals surface area contributed by atoms with Gasteiger partial charge in [-0.2, -0.15) is 11.8 Å². The van der Waals surface area contributed by atoms with Crippen LogP contribution in [0.1, 0.15) is 27.2 Å². The fraction of sp³-hybridized carbons (Fsp3) is 1.00. The Morgan fingerprint density at radius 2 is 2.17 bits per heavy atom. The van der Waals surface area contributed by atoms with Crippen molar-refractivity contribution in [1.29, 1.82) is 0 Å². The average Bonchev–Trinajstić information content (AvgIpc) is 2.31. The van der Waals surface area contributed by atoms with E-state index in [-0.39, 0.29) is 0 Å². The van der Waals surface area contributed by atoms with E-state index in [0.717, 1.165) is 0 Å². The molecule has 0 atom stereocenters. The first kappa shape index (κ1) is 10.4. The highest BCUT2D eigenvalue weighted by molar-refractivity contribution is 7.99. The van der Waals surface area contributed by atoms with Crippen LogP contribution in [0.4, 0.5) is 0 Å². The van der Waals surface area contributed by atoms with Gasteiger partial charge in [0, 0.05) is 18.8 Å². The Morgan fingerprint density at radius 1 is 1.42 bits per heavy atom. The SMILES string of the molecule is CCSCCN1CCC(C)(C)C1. The third-order valence-corrected chi connectivity index (χ3v) is 3.39. The Balaban J connectivity index is 2.11. The van der Waals surface area contributed by atoms with Gasteiger partial charge in [-0.1, -0.05) is 20.8 Å². The number of nitrogens with zero attached hydrogens (tertiary/aromatic N) is 1. The van der Waals surface area contributed by atoms with E-state index in [0.29, 0.717) is 5.41 Å². The van der Waals surface area contributed by atoms with Crippen LogP contribution in [0.5, 0.6) is 0 Å². The predicted molar refractivity (Wildman–Crippen MR) is 57.8 cm³/mol. The Bertz CT molecular complexity index is 134. The second-order valence-electron chi connectivity index (χ2n) is 4.39. The molecule has 72 valence electrons. The van der Waals surface area contributed by atoms with E-state index in [1.54, 1.807) is 0 Å². The van der Waals surface area contributed by atoms with Gasteiger partial charge < -0.3 is 4.90 Å². The molecule has 1 aliphatic heterocycles. The number of thioether (sulfide) groups is 1. The van der Waals surface area contributed by atoms with Crippen LogP contribution in [-0.2, 0) is 0 Å². The molecule has 1 saturated heterocycles. The van der Waals surface area contributed by atoms with E-state index in [1.807, 2.05) is 0 Å². The smallest absolute Gasteiger partial charge is 0.00726 e. The molecule has 1 fully saturated rings. The zero-order valence-electron chi connectivity index (χ0n) is 8.60. The van der Waals surface area contributed by atoms with Crippen LogP contribution in [0, 0.1) is 5.41 Å². The van der Waals surface area contributed by atoms with Crippen molar-refractivity contribution in [3.05, 3.63) is 0 Å². The Kier molecular flexibility index (Phi) is 3.91. The maximum Gasteiger partial charge on any atom is 0.00726 e. The van der Waals surface area contributed by atoms with Crippen LogP contribution in [0.25, 0.3) is 0 Å². The molecular weight excluding hydrogens is 166 g/mol. The highest BCUT2D eigenvalue weighted by Gasteiger charge is 2.28. The van der Waals surface area contributed by atoms with Gasteiger partial charge in [-0.3, -0.25) is 0 Å². The maximum absolute atomic E-state index is 2.60. The van der Waals surface area contributed by atoms with Gasteiger partial charge in [-0.15, -0.1) is 0 Å². The van der Waals surface area contributed by atoms with Crippen molar-refractivity contribution in [3.8, 4) is 0 Å². The van der Waals surface area contributed by atoms with Gasteiger partial charge in [0.25, 0.3) is 0 Å². The molecule has 2 heteroatoms. The van der Waals surface area contributed by atoms with Gasteiger partial charge in [0.1, 0.15) is 0 Å². The summed E-state index contributed by atoms with van der Waals surface area (Å²) in [5.41, 5.74) is 0.580. The lowest BCUT2D eigenvalue weighted by molar-refractivity contribution is 0.305. The number of hydrogen-bond donors (Lipinski definition) is 0. The first-order chi connectivity index (χ1) is 5.64. The minimum atomic E-state index is 0.580. The van der Waals surface area contributed by atoms with Crippen molar-refractivity contribution in [2.75, 3.05) is 31.1 Å². The molecule has 0 aliphatic carbocycles. The minimum Gasteiger partial charge on any atom is -0.302 e. The van der Waals surface area contributed by atoms with Crippen molar-refractivity contribution < 1.29 is 0 Å². The molecule has 0 aromatic heterocycles. The van der Waals surface area contributed by atoms with Crippen LogP contribution in [0.3, 0.4) is 0 Å². The van der Waals surface area contributed by atoms with Crippen molar-refractivity contribution in [2.24, 2.45) is 5.41 Å². The summed E-state index contributed by atoms with van der Waals surface area (Å²) in [7, 11) is 0. The molecule has 1 rings (SSSR count). The van der Waals surface area contributed by atoms with Crippen LogP contribution in [0.2, 0.25) is 0 Å². The molecule has 0 aromatic rings. The van der Waals surface area contributed by atoms with Gasteiger partial charge in [-0.25, -0.2) is 0 Å². The monoisotopic (exact) mass is 187 g/mol. The average molecular weight is 187 g/mol. The van der Waals surface area contributed by atoms with E-state index >= 15 is 0 Å². The lowest BCUT2D eigenvalue weighted by Gasteiger charge is -2.19. The largest absolute Gasteiger partial charge is 0.302 e. The third-order valence-electron chi connectivity index (χ3n) is 2.51. The molecule has 0 amide bonds. The standard InChI is InChI=1S/C10H21NS/c1-4-12-8-7-11-6-5-10(2,3)9-11/h4-9H2,1-3H3. The summed E-state index contributed by atoms with van der Waals surface area (Å²) < 4.78 is 0. The topological polar surface area (TPSA) is 3.24 Å². The summed E-state index contributed by atoms with van der Waals surface area (Å²) in [6, 6.07) is 0. The molecule has 1 nitrogen and oxygen atoms in total. The van der Waals surface area contributed by atoms with Gasteiger partial charge in [0.2, 0.25) is 0 Å². The first-order valence-electron chi connectivity index (χ1n) is 4.94. The van der Waals surface area contributed by atoms with E-state index in [9.17, 15) is 0 Å². The lowest BCUT2D eigenvalue weighted by atomic mass is 9.93. The summed E-state index contributed by atoms with van der Waals surface area (Å²) in [4.78, 5) is 2.60. The highest BCUT2D eigenvalue weighted by atomic mass is 32.2. The van der Waals surface area contributed by atoms with Gasteiger partial charge in [0.05, 0.1) is 0 Å². The van der Waals surface area contributed by atoms with Crippen LogP contribution < -0.4 is 0 Å². The van der Waals surface area contributed by atoms with E-state index in [1.165, 1.54) is 37.6 Å². The van der Waals surface area contributed by atoms with Crippen LogP contribution >= 0.6 is 11.8 Å². The van der Waals surface area contributed by atoms with Gasteiger partial charge in [-0.05, 0) is 24.1 Å². The van der Waals surface area contributed by atoms with Crippen molar-refractivity contribution >= 4 is 11.8 Å². The summed E-state index contributed by atoms with van der Waals surface area (Å²) in [6.45, 7) is 10.9. The minimum absolute atomic E-state index is 0.580. The molecule has 0 N–H and O–H groups in total. The first-order valence-corrected chi connectivity index (χ1v) is 6.09. The molecule has 1 aliphatic rings. The van der Waals surface area contributed by atoms with Crippen LogP contribution in [-0.4, -0.2) is 36.0 Å². The number of likely N-dealkylation sites (tertiary alicyclic amines) is 1. The summed E-state index contributed by atoms with van der Waals surface area (Å²) in [6.07, 6.45) is 1.38. The van der Waals surface area contributed by atoms with E-state index in [4.69, 9.17) is 0 Å². The molecule has 0 saturated carbocycles. The maximum atomic E-state index is 2.60. The molecule has 0 aromatic carbocycles. The molecule has 12 heavy (non-hydrogen) atoms. The molecule has 0 radical (unpaired) electrons. The number of rotatable bonds is 4. The predicted octanol–water partition coefficient (Wildman–Crippen LogP) is 2.47. The summed E-state index contributed by atoms with van der Waals surface area (Å²) in [5.74, 6) is 2.57. The second-order valence-corrected chi connectivity index (χ2v) is 5.78. The molecular formula is C10H21NS. The van der Waals surface area contributed by atoms with Gasteiger partial charge >= 0.3 is 0 Å². The highest BCUT2D eigenvalue weighted by Crippen LogP contribution is 2.28. The fourth-order valence-electron chi connectivity index (χ4n) is 1.75. The lowest BCUT2D eigenvalue weighted by Crippen LogP contribution is -2.25. The van der Waals surface area contributed by atoms with Gasteiger partial charge in [0.15, 0.2) is 0 Å². The molecule has 0 unspecified atom stereocenters. The summed E-state index contributed by atoms with van der Waals surface area (Å²) in [5, 5.41) is 0. The molecule has 0 spiro atoms. The Hall–Kier alpha value is 0.310. The zero-order valence-corrected chi connectivity index (χ0v) is 9.41. The number of hydrogen-bond acceptors (Lipinski definition) is 2. The Labute approximate surface area is 80.9 Å². The Morgan fingerprint density at radius 3 is 2.67 bits per heavy atom. The zero-order chi connectivity index (χ0) is 9.03. The summed E-state index contributed by atoms with van der Waals surface area (Å²) >= 11 is 2.05. The normalized spacial score (nSPS) is 23.2. The van der Waals surface area contributed by atoms with Crippen LogP contribution in [0.15, 0.2) is 0 Å². The fourth-order valence-corrected chi connectivity index (χ4v) is 2.43. The van der Waals surface area contributed by atoms with Crippen molar-refractivity contribution in [1.82, 2.24) is 4.90 Å². The van der Waals surface area contributed by atoms with Crippen molar-refractivity contribution in [3.63, 3.8) is 0 Å². The second kappa shape index (κ2) is 4.52.